The molecular weight excluding hydrogens is 311 g/mol. The Morgan fingerprint density at radius 1 is 1.50 bits per heavy atom. The molecule has 0 fully saturated rings. The zero-order chi connectivity index (χ0) is 15.5. The van der Waals surface area contributed by atoms with E-state index in [4.69, 9.17) is 5.73 Å². The molecule has 0 unspecified atom stereocenters. The topological polar surface area (TPSA) is 58.4 Å². The van der Waals surface area contributed by atoms with E-state index in [0.717, 1.165) is 11.3 Å². The average Bonchev–Trinajstić information content (AvgIpc) is 2.71. The van der Waals surface area contributed by atoms with E-state index in [2.05, 4.69) is 5.32 Å². The minimum atomic E-state index is -4.21. The predicted molar refractivity (Wildman–Crippen MR) is 77.8 cm³/mol. The lowest BCUT2D eigenvalue weighted by molar-refractivity contribution is -0.132. The van der Waals surface area contributed by atoms with E-state index >= 15 is 0 Å². The minimum absolute atomic E-state index is 0.176. The van der Waals surface area contributed by atoms with Crippen LogP contribution in [-0.2, 0) is 0 Å². The van der Waals surface area contributed by atoms with Gasteiger partial charge in [0.25, 0.3) is 5.91 Å². The molecular formula is C11H16F3N3OS2. The number of nitrogens with one attached hydrogen (secondary N) is 1. The van der Waals surface area contributed by atoms with Crippen molar-refractivity contribution in [2.75, 3.05) is 37.5 Å². The molecule has 0 aliphatic rings. The second-order valence-corrected chi connectivity index (χ2v) is 5.86. The third-order valence-corrected chi connectivity index (χ3v) is 4.87. The molecule has 0 spiro atoms. The number of nitrogens with zero attached hydrogens (tertiary/aromatic N) is 1. The average molecular weight is 327 g/mol. The van der Waals surface area contributed by atoms with Crippen molar-refractivity contribution >= 4 is 39.7 Å². The lowest BCUT2D eigenvalue weighted by atomic mass is 10.3. The Balaban J connectivity index is 3.02. The fraction of sp³-hybridized carbons (Fsp3) is 0.545. The summed E-state index contributed by atoms with van der Waals surface area (Å²) in [5, 5.41) is 3.05. The molecule has 0 bridgehead atoms. The number of carbonyl (C=O) groups excluding carboxylic acids is 1. The van der Waals surface area contributed by atoms with Crippen LogP contribution in [0.25, 0.3) is 0 Å². The Morgan fingerprint density at radius 3 is 2.55 bits per heavy atom. The van der Waals surface area contributed by atoms with E-state index in [0.29, 0.717) is 20.5 Å². The van der Waals surface area contributed by atoms with Gasteiger partial charge in [-0.2, -0.15) is 13.2 Å². The van der Waals surface area contributed by atoms with Crippen molar-refractivity contribution in [1.29, 1.82) is 0 Å². The van der Waals surface area contributed by atoms with Gasteiger partial charge in [0.2, 0.25) is 0 Å². The SMILES string of the molecule is CNC(=O)c1sc(N(C)CCC(F)(F)F)c(SC)c1N. The zero-order valence-corrected chi connectivity index (χ0v) is 12.9. The summed E-state index contributed by atoms with van der Waals surface area (Å²) in [6.45, 7) is -0.176. The summed E-state index contributed by atoms with van der Waals surface area (Å²) in [6, 6.07) is 0. The summed E-state index contributed by atoms with van der Waals surface area (Å²) in [4.78, 5) is 14.1. The van der Waals surface area contributed by atoms with Gasteiger partial charge in [-0.15, -0.1) is 23.1 Å². The molecule has 0 saturated heterocycles. The maximum atomic E-state index is 12.3. The summed E-state index contributed by atoms with van der Waals surface area (Å²) in [7, 11) is 3.04. The van der Waals surface area contributed by atoms with E-state index in [1.165, 1.54) is 23.7 Å². The van der Waals surface area contributed by atoms with Gasteiger partial charge in [-0.05, 0) is 6.26 Å². The maximum Gasteiger partial charge on any atom is 0.390 e. The number of anilines is 2. The van der Waals surface area contributed by atoms with Gasteiger partial charge in [0, 0.05) is 20.6 Å². The van der Waals surface area contributed by atoms with Gasteiger partial charge in [0.05, 0.1) is 17.0 Å². The molecule has 0 aromatic carbocycles. The van der Waals surface area contributed by atoms with Crippen molar-refractivity contribution in [1.82, 2.24) is 5.32 Å². The van der Waals surface area contributed by atoms with Gasteiger partial charge in [-0.3, -0.25) is 4.79 Å². The number of amides is 1. The third-order valence-electron chi connectivity index (χ3n) is 2.60. The molecule has 114 valence electrons. The highest BCUT2D eigenvalue weighted by atomic mass is 32.2. The van der Waals surface area contributed by atoms with Crippen LogP contribution in [0.4, 0.5) is 23.9 Å². The lowest BCUT2D eigenvalue weighted by Gasteiger charge is -2.19. The molecule has 9 heteroatoms. The molecule has 20 heavy (non-hydrogen) atoms. The van der Waals surface area contributed by atoms with E-state index < -0.39 is 12.6 Å². The van der Waals surface area contributed by atoms with Gasteiger partial charge in [0.15, 0.2) is 0 Å². The van der Waals surface area contributed by atoms with Gasteiger partial charge < -0.3 is 16.0 Å². The maximum absolute atomic E-state index is 12.3. The number of halogens is 3. The first-order chi connectivity index (χ1) is 9.21. The second kappa shape index (κ2) is 6.57. The fourth-order valence-electron chi connectivity index (χ4n) is 1.54. The van der Waals surface area contributed by atoms with Crippen LogP contribution in [0.5, 0.6) is 0 Å². The second-order valence-electron chi connectivity index (χ2n) is 4.05. The molecule has 1 heterocycles. The van der Waals surface area contributed by atoms with Crippen LogP contribution in [0.3, 0.4) is 0 Å². The quantitative estimate of drug-likeness (QED) is 0.817. The fourth-order valence-corrected chi connectivity index (χ4v) is 3.69. The molecule has 1 rings (SSSR count). The Hall–Kier alpha value is -1.09. The standard InChI is InChI=1S/C11H16F3N3OS2/c1-16-9(18)7-6(15)8(19-3)10(20-7)17(2)5-4-11(12,13)14/h4-5,15H2,1-3H3,(H,16,18). The van der Waals surface area contributed by atoms with E-state index in [1.807, 2.05) is 0 Å². The summed E-state index contributed by atoms with van der Waals surface area (Å²) < 4.78 is 36.8. The number of nitrogens with two attached hydrogens (primary N) is 1. The summed E-state index contributed by atoms with van der Waals surface area (Å²) in [5.41, 5.74) is 6.21. The van der Waals surface area contributed by atoms with Gasteiger partial charge in [0.1, 0.15) is 9.88 Å². The third kappa shape index (κ3) is 3.95. The Bertz CT molecular complexity index is 488. The molecule has 0 saturated carbocycles. The van der Waals surface area contributed by atoms with Crippen molar-refractivity contribution in [3.8, 4) is 0 Å². The van der Waals surface area contributed by atoms with Crippen LogP contribution in [-0.4, -0.2) is 39.0 Å². The number of carbonyl (C=O) groups is 1. The summed E-state index contributed by atoms with van der Waals surface area (Å²) in [6.07, 6.45) is -3.35. The van der Waals surface area contributed by atoms with Crippen LogP contribution in [0.15, 0.2) is 4.90 Å². The van der Waals surface area contributed by atoms with Crippen molar-refractivity contribution in [3.05, 3.63) is 4.88 Å². The highest BCUT2D eigenvalue weighted by molar-refractivity contribution is 7.99. The van der Waals surface area contributed by atoms with Gasteiger partial charge in [-0.1, -0.05) is 0 Å². The summed E-state index contributed by atoms with van der Waals surface area (Å²) >= 11 is 2.42. The van der Waals surface area contributed by atoms with E-state index in [1.54, 1.807) is 13.3 Å². The van der Waals surface area contributed by atoms with Crippen LogP contribution >= 0.6 is 23.1 Å². The molecule has 4 nitrogen and oxygen atoms in total. The predicted octanol–water partition coefficient (Wildman–Crippen LogP) is 2.80. The van der Waals surface area contributed by atoms with Crippen LogP contribution in [0, 0.1) is 0 Å². The van der Waals surface area contributed by atoms with Crippen LogP contribution in [0.2, 0.25) is 0 Å². The van der Waals surface area contributed by atoms with Gasteiger partial charge >= 0.3 is 6.18 Å². The number of hydrogen-bond acceptors (Lipinski definition) is 5. The zero-order valence-electron chi connectivity index (χ0n) is 11.3. The number of thiophene rings is 1. The number of rotatable bonds is 5. The first-order valence-corrected chi connectivity index (χ1v) is 7.71. The van der Waals surface area contributed by atoms with Crippen molar-refractivity contribution in [3.63, 3.8) is 0 Å². The Kier molecular flexibility index (Phi) is 5.58. The number of hydrogen-bond donors (Lipinski definition) is 2. The minimum Gasteiger partial charge on any atom is -0.396 e. The highest BCUT2D eigenvalue weighted by Gasteiger charge is 2.29. The highest BCUT2D eigenvalue weighted by Crippen LogP contribution is 2.43. The molecule has 0 atom stereocenters. The molecule has 0 radical (unpaired) electrons. The molecule has 1 aromatic heterocycles. The van der Waals surface area contributed by atoms with Crippen molar-refractivity contribution in [2.45, 2.75) is 17.5 Å². The Morgan fingerprint density at radius 2 is 2.10 bits per heavy atom. The van der Waals surface area contributed by atoms with Crippen LogP contribution < -0.4 is 16.0 Å². The molecule has 1 amide bonds. The normalized spacial score (nSPS) is 11.5. The number of alkyl halides is 3. The first-order valence-electron chi connectivity index (χ1n) is 5.67. The molecule has 0 aliphatic carbocycles. The van der Waals surface area contributed by atoms with E-state index in [9.17, 15) is 18.0 Å². The smallest absolute Gasteiger partial charge is 0.390 e. The van der Waals surface area contributed by atoms with E-state index in [-0.39, 0.29) is 12.5 Å². The van der Waals surface area contributed by atoms with Crippen molar-refractivity contribution < 1.29 is 18.0 Å². The van der Waals surface area contributed by atoms with Crippen LogP contribution in [0.1, 0.15) is 16.1 Å². The molecule has 0 aliphatic heterocycles. The number of thioether (sulfide) groups is 1. The Labute approximate surface area is 123 Å². The molecule has 3 N–H and O–H groups in total. The number of nitrogen functional groups attached to an aromatic ring is 1. The first kappa shape index (κ1) is 17.0. The van der Waals surface area contributed by atoms with Crippen molar-refractivity contribution in [2.24, 2.45) is 0 Å². The molecule has 1 aromatic rings. The summed E-state index contributed by atoms with van der Waals surface area (Å²) in [5.74, 6) is -0.335. The largest absolute Gasteiger partial charge is 0.396 e. The monoisotopic (exact) mass is 327 g/mol. The van der Waals surface area contributed by atoms with Gasteiger partial charge in [-0.25, -0.2) is 0 Å². The lowest BCUT2D eigenvalue weighted by Crippen LogP contribution is -2.23.